The highest BCUT2D eigenvalue weighted by Gasteiger charge is 2.26. The maximum absolute atomic E-state index is 12.8. The molecular weight excluding hydrogens is 362 g/mol. The molecule has 1 aliphatic carbocycles. The first-order chi connectivity index (χ1) is 11.8. The lowest BCUT2D eigenvalue weighted by atomic mass is 9.87. The average Bonchev–Trinajstić information content (AvgIpc) is 2.53. The summed E-state index contributed by atoms with van der Waals surface area (Å²) in [5.41, 5.74) is 2.29. The first kappa shape index (κ1) is 17.8. The van der Waals surface area contributed by atoms with Crippen LogP contribution >= 0.6 is 11.6 Å². The number of sulfonamides is 1. The van der Waals surface area contributed by atoms with E-state index in [1.165, 1.54) is 12.1 Å². The summed E-state index contributed by atoms with van der Waals surface area (Å²) in [6.45, 7) is 1.64. The number of carboxylic acids is 1. The molecule has 0 unspecified atom stereocenters. The number of hydrogen-bond acceptors (Lipinski definition) is 3. The number of carbonyl (C=O) groups is 1. The van der Waals surface area contributed by atoms with Crippen molar-refractivity contribution < 1.29 is 18.3 Å². The fraction of sp³-hybridized carbons (Fsp3) is 0.278. The molecule has 0 saturated carbocycles. The normalized spacial score (nSPS) is 14.0. The second-order valence-corrected chi connectivity index (χ2v) is 8.16. The highest BCUT2D eigenvalue weighted by Crippen LogP contribution is 2.33. The van der Waals surface area contributed by atoms with Crippen LogP contribution in [0.15, 0.2) is 35.2 Å². The third kappa shape index (κ3) is 3.37. The van der Waals surface area contributed by atoms with Crippen molar-refractivity contribution in [2.75, 3.05) is 4.72 Å². The summed E-state index contributed by atoms with van der Waals surface area (Å²) >= 11 is 6.06. The Hall–Kier alpha value is -2.05. The summed E-state index contributed by atoms with van der Waals surface area (Å²) in [6, 6.07) is 8.13. The largest absolute Gasteiger partial charge is 0.478 e. The van der Waals surface area contributed by atoms with E-state index in [0.29, 0.717) is 12.0 Å². The standard InChI is InChI=1S/C18H18ClNO4S/c1-11-5-4-8-14(19)17(11)25(23,24)20-15-10-9-12-6-2-3-7-13(12)16(15)18(21)22/h4-5,8-10,20H,2-3,6-7H2,1H3,(H,21,22). The van der Waals surface area contributed by atoms with Crippen LogP contribution in [0.5, 0.6) is 0 Å². The highest BCUT2D eigenvalue weighted by molar-refractivity contribution is 7.93. The third-order valence-corrected chi connectivity index (χ3v) is 6.42. The lowest BCUT2D eigenvalue weighted by Gasteiger charge is -2.21. The molecule has 0 heterocycles. The Balaban J connectivity index is 2.10. The van der Waals surface area contributed by atoms with Gasteiger partial charge in [0.2, 0.25) is 0 Å². The maximum Gasteiger partial charge on any atom is 0.338 e. The zero-order chi connectivity index (χ0) is 18.2. The van der Waals surface area contributed by atoms with Crippen LogP contribution < -0.4 is 4.72 Å². The van der Waals surface area contributed by atoms with E-state index in [9.17, 15) is 18.3 Å². The monoisotopic (exact) mass is 379 g/mol. The molecule has 25 heavy (non-hydrogen) atoms. The maximum atomic E-state index is 12.8. The van der Waals surface area contributed by atoms with Crippen molar-refractivity contribution in [2.45, 2.75) is 37.5 Å². The van der Waals surface area contributed by atoms with E-state index in [0.717, 1.165) is 30.4 Å². The molecule has 0 amide bonds. The van der Waals surface area contributed by atoms with Crippen molar-refractivity contribution in [1.82, 2.24) is 0 Å². The minimum atomic E-state index is -4.00. The molecule has 2 aromatic rings. The first-order valence-electron chi connectivity index (χ1n) is 7.97. The molecule has 0 fully saturated rings. The minimum Gasteiger partial charge on any atom is -0.478 e. The Morgan fingerprint density at radius 3 is 2.56 bits per heavy atom. The van der Waals surface area contributed by atoms with Gasteiger partial charge in [-0.25, -0.2) is 13.2 Å². The SMILES string of the molecule is Cc1cccc(Cl)c1S(=O)(=O)Nc1ccc2c(c1C(=O)O)CCCC2. The van der Waals surface area contributed by atoms with E-state index in [-0.39, 0.29) is 21.2 Å². The molecule has 0 atom stereocenters. The second-order valence-electron chi connectivity index (χ2n) is 6.13. The quantitative estimate of drug-likeness (QED) is 0.840. The van der Waals surface area contributed by atoms with E-state index in [1.54, 1.807) is 25.1 Å². The van der Waals surface area contributed by atoms with E-state index >= 15 is 0 Å². The topological polar surface area (TPSA) is 83.5 Å². The molecule has 0 bridgehead atoms. The van der Waals surface area contributed by atoms with Gasteiger partial charge >= 0.3 is 5.97 Å². The summed E-state index contributed by atoms with van der Waals surface area (Å²) in [7, 11) is -4.00. The molecule has 2 aromatic carbocycles. The van der Waals surface area contributed by atoms with Crippen molar-refractivity contribution >= 4 is 33.3 Å². The van der Waals surface area contributed by atoms with Gasteiger partial charge in [0.1, 0.15) is 4.90 Å². The Labute approximate surface area is 151 Å². The van der Waals surface area contributed by atoms with Crippen molar-refractivity contribution in [2.24, 2.45) is 0 Å². The molecule has 7 heteroatoms. The fourth-order valence-corrected chi connectivity index (χ4v) is 5.21. The van der Waals surface area contributed by atoms with Gasteiger partial charge in [-0.05, 0) is 61.4 Å². The molecule has 0 aromatic heterocycles. The van der Waals surface area contributed by atoms with E-state index in [1.807, 2.05) is 0 Å². The van der Waals surface area contributed by atoms with Crippen molar-refractivity contribution in [3.63, 3.8) is 0 Å². The van der Waals surface area contributed by atoms with E-state index in [4.69, 9.17) is 11.6 Å². The number of halogens is 1. The molecule has 0 saturated heterocycles. The van der Waals surface area contributed by atoms with Crippen molar-refractivity contribution in [3.8, 4) is 0 Å². The summed E-state index contributed by atoms with van der Waals surface area (Å²) in [6.07, 6.45) is 3.35. The Morgan fingerprint density at radius 2 is 1.88 bits per heavy atom. The Morgan fingerprint density at radius 1 is 1.16 bits per heavy atom. The number of nitrogens with one attached hydrogen (secondary N) is 1. The first-order valence-corrected chi connectivity index (χ1v) is 9.83. The smallest absolute Gasteiger partial charge is 0.338 e. The average molecular weight is 380 g/mol. The predicted octanol–water partition coefficient (Wildman–Crippen LogP) is 4.03. The third-order valence-electron chi connectivity index (χ3n) is 4.42. The molecule has 1 aliphatic rings. The predicted molar refractivity (Wildman–Crippen MR) is 97.0 cm³/mol. The van der Waals surface area contributed by atoms with Crippen LogP contribution in [0.2, 0.25) is 5.02 Å². The molecule has 5 nitrogen and oxygen atoms in total. The zero-order valence-electron chi connectivity index (χ0n) is 13.7. The van der Waals surface area contributed by atoms with Gasteiger partial charge in [0.15, 0.2) is 0 Å². The van der Waals surface area contributed by atoms with Gasteiger partial charge in [0, 0.05) is 0 Å². The van der Waals surface area contributed by atoms with Gasteiger partial charge in [0.25, 0.3) is 10.0 Å². The van der Waals surface area contributed by atoms with Crippen LogP contribution in [0, 0.1) is 6.92 Å². The molecule has 0 spiro atoms. The second kappa shape index (κ2) is 6.69. The van der Waals surface area contributed by atoms with Gasteiger partial charge in [0.05, 0.1) is 16.3 Å². The molecular formula is C18H18ClNO4S. The number of rotatable bonds is 4. The van der Waals surface area contributed by atoms with E-state index in [2.05, 4.69) is 4.72 Å². The number of fused-ring (bicyclic) bond motifs is 1. The number of anilines is 1. The van der Waals surface area contributed by atoms with Gasteiger partial charge in [-0.3, -0.25) is 4.72 Å². The van der Waals surface area contributed by atoms with Crippen molar-refractivity contribution in [1.29, 1.82) is 0 Å². The van der Waals surface area contributed by atoms with Gasteiger partial charge < -0.3 is 5.11 Å². The molecule has 132 valence electrons. The van der Waals surface area contributed by atoms with Crippen LogP contribution in [0.25, 0.3) is 0 Å². The van der Waals surface area contributed by atoms with Gasteiger partial charge in [-0.15, -0.1) is 0 Å². The molecule has 3 rings (SSSR count). The number of aryl methyl sites for hydroxylation is 2. The Kier molecular flexibility index (Phi) is 4.75. The summed E-state index contributed by atoms with van der Waals surface area (Å²) in [5.74, 6) is -1.13. The molecule has 2 N–H and O–H groups in total. The number of aromatic carboxylic acids is 1. The number of carboxylic acid groups (broad SMARTS) is 1. The highest BCUT2D eigenvalue weighted by atomic mass is 35.5. The summed E-state index contributed by atoms with van der Waals surface area (Å²) in [4.78, 5) is 11.8. The lowest BCUT2D eigenvalue weighted by molar-refractivity contribution is 0.0696. The van der Waals surface area contributed by atoms with Gasteiger partial charge in [-0.1, -0.05) is 29.8 Å². The van der Waals surface area contributed by atoms with Crippen LogP contribution in [0.4, 0.5) is 5.69 Å². The zero-order valence-corrected chi connectivity index (χ0v) is 15.2. The number of benzene rings is 2. The van der Waals surface area contributed by atoms with E-state index < -0.39 is 16.0 Å². The summed E-state index contributed by atoms with van der Waals surface area (Å²) in [5, 5.41) is 9.74. The van der Waals surface area contributed by atoms with Crippen LogP contribution in [-0.4, -0.2) is 19.5 Å². The van der Waals surface area contributed by atoms with Crippen LogP contribution in [0.3, 0.4) is 0 Å². The molecule has 0 aliphatic heterocycles. The Bertz CT molecular complexity index is 934. The molecule has 0 radical (unpaired) electrons. The fourth-order valence-electron chi connectivity index (χ4n) is 3.31. The van der Waals surface area contributed by atoms with Crippen molar-refractivity contribution in [3.05, 3.63) is 57.6 Å². The number of hydrogen-bond donors (Lipinski definition) is 2. The van der Waals surface area contributed by atoms with Crippen LogP contribution in [-0.2, 0) is 22.9 Å². The lowest BCUT2D eigenvalue weighted by Crippen LogP contribution is -2.19. The summed E-state index contributed by atoms with van der Waals surface area (Å²) < 4.78 is 28.0. The van der Waals surface area contributed by atoms with Gasteiger partial charge in [-0.2, -0.15) is 0 Å². The van der Waals surface area contributed by atoms with Crippen LogP contribution in [0.1, 0.15) is 39.9 Å². The minimum absolute atomic E-state index is 0.0329.